The van der Waals surface area contributed by atoms with Crippen molar-refractivity contribution >= 4 is 34.6 Å². The van der Waals surface area contributed by atoms with Gasteiger partial charge in [0.2, 0.25) is 0 Å². The van der Waals surface area contributed by atoms with Crippen molar-refractivity contribution in [2.24, 2.45) is 4.99 Å². The van der Waals surface area contributed by atoms with E-state index in [2.05, 4.69) is 6.92 Å². The number of rotatable bonds is 6. The van der Waals surface area contributed by atoms with E-state index in [1.165, 1.54) is 17.3 Å². The standard InChI is InChI=1S/C23H26N2O3S/c1-5-16(4)25-22(27)21(14-17-9-12-19(26)20(13-17)28-6-2)29-23(25)24-18-10-7-15(3)8-11-18/h7-14,16,26H,5-6H2,1-4H3/b21-14+,24-23?/t16-/m1/s1. The topological polar surface area (TPSA) is 62.1 Å². The molecule has 0 saturated carbocycles. The van der Waals surface area contributed by atoms with Gasteiger partial charge in [-0.15, -0.1) is 0 Å². The average molecular weight is 411 g/mol. The molecule has 1 amide bonds. The molecule has 3 rings (SSSR count). The second kappa shape index (κ2) is 9.18. The van der Waals surface area contributed by atoms with Gasteiger partial charge in [-0.05, 0) is 74.9 Å². The maximum atomic E-state index is 13.1. The quantitative estimate of drug-likeness (QED) is 0.639. The van der Waals surface area contributed by atoms with E-state index in [-0.39, 0.29) is 17.7 Å². The van der Waals surface area contributed by atoms with Gasteiger partial charge in [-0.2, -0.15) is 0 Å². The fourth-order valence-electron chi connectivity index (χ4n) is 2.91. The summed E-state index contributed by atoms with van der Waals surface area (Å²) in [5, 5.41) is 10.6. The van der Waals surface area contributed by atoms with E-state index >= 15 is 0 Å². The second-order valence-corrected chi connectivity index (χ2v) is 7.94. The van der Waals surface area contributed by atoms with Crippen LogP contribution in [0.2, 0.25) is 0 Å². The molecule has 0 aliphatic carbocycles. The summed E-state index contributed by atoms with van der Waals surface area (Å²) in [7, 11) is 0. The first kappa shape index (κ1) is 21.0. The monoisotopic (exact) mass is 410 g/mol. The van der Waals surface area contributed by atoms with Crippen LogP contribution in [-0.2, 0) is 4.79 Å². The van der Waals surface area contributed by atoms with Crippen LogP contribution >= 0.6 is 11.8 Å². The average Bonchev–Trinajstić information content (AvgIpc) is 3.00. The zero-order valence-electron chi connectivity index (χ0n) is 17.2. The van der Waals surface area contributed by atoms with Gasteiger partial charge in [0.15, 0.2) is 16.7 Å². The lowest BCUT2D eigenvalue weighted by Gasteiger charge is -2.22. The predicted octanol–water partition coefficient (Wildman–Crippen LogP) is 5.50. The molecule has 0 spiro atoms. The number of aromatic hydroxyl groups is 1. The fraction of sp³-hybridized carbons (Fsp3) is 0.304. The minimum Gasteiger partial charge on any atom is -0.504 e. The first-order chi connectivity index (χ1) is 13.9. The number of carbonyl (C=O) groups excluding carboxylic acids is 1. The van der Waals surface area contributed by atoms with Crippen molar-refractivity contribution in [3.63, 3.8) is 0 Å². The van der Waals surface area contributed by atoms with Gasteiger partial charge in [-0.3, -0.25) is 9.69 Å². The molecule has 152 valence electrons. The molecular weight excluding hydrogens is 384 g/mol. The summed E-state index contributed by atoms with van der Waals surface area (Å²) in [6, 6.07) is 13.1. The summed E-state index contributed by atoms with van der Waals surface area (Å²) in [5.74, 6) is 0.438. The number of carbonyl (C=O) groups is 1. The largest absolute Gasteiger partial charge is 0.504 e. The number of phenols is 1. The lowest BCUT2D eigenvalue weighted by molar-refractivity contribution is -0.123. The Hall–Kier alpha value is -2.73. The number of nitrogens with zero attached hydrogens (tertiary/aromatic N) is 2. The molecular formula is C23H26N2O3S. The van der Waals surface area contributed by atoms with Crippen LogP contribution in [0.5, 0.6) is 11.5 Å². The van der Waals surface area contributed by atoms with E-state index in [9.17, 15) is 9.90 Å². The molecule has 0 bridgehead atoms. The molecule has 5 nitrogen and oxygen atoms in total. The van der Waals surface area contributed by atoms with E-state index < -0.39 is 0 Å². The highest BCUT2D eigenvalue weighted by atomic mass is 32.2. The summed E-state index contributed by atoms with van der Waals surface area (Å²) in [4.78, 5) is 20.2. The summed E-state index contributed by atoms with van der Waals surface area (Å²) >= 11 is 1.37. The van der Waals surface area contributed by atoms with Crippen LogP contribution in [0.15, 0.2) is 52.4 Å². The lowest BCUT2D eigenvalue weighted by atomic mass is 10.1. The van der Waals surface area contributed by atoms with Gasteiger partial charge >= 0.3 is 0 Å². The Kier molecular flexibility index (Phi) is 6.64. The van der Waals surface area contributed by atoms with E-state index in [0.29, 0.717) is 22.4 Å². The summed E-state index contributed by atoms with van der Waals surface area (Å²) in [5.41, 5.74) is 2.78. The number of ether oxygens (including phenoxy) is 1. The Balaban J connectivity index is 1.96. The van der Waals surface area contributed by atoms with Crippen molar-refractivity contribution in [3.8, 4) is 11.5 Å². The molecule has 1 atom stereocenters. The van der Waals surface area contributed by atoms with E-state index in [0.717, 1.165) is 17.7 Å². The van der Waals surface area contributed by atoms with Gasteiger partial charge in [-0.1, -0.05) is 30.7 Å². The molecule has 1 fully saturated rings. The van der Waals surface area contributed by atoms with Crippen LogP contribution < -0.4 is 4.74 Å². The van der Waals surface area contributed by atoms with Gasteiger partial charge in [-0.25, -0.2) is 4.99 Å². The molecule has 1 aliphatic rings. The van der Waals surface area contributed by atoms with Crippen molar-refractivity contribution < 1.29 is 14.6 Å². The lowest BCUT2D eigenvalue weighted by Crippen LogP contribution is -2.36. The minimum atomic E-state index is -0.0544. The number of thioether (sulfide) groups is 1. The fourth-order valence-corrected chi connectivity index (χ4v) is 4.00. The first-order valence-electron chi connectivity index (χ1n) is 9.77. The maximum Gasteiger partial charge on any atom is 0.266 e. The van der Waals surface area contributed by atoms with Crippen LogP contribution in [0.4, 0.5) is 5.69 Å². The van der Waals surface area contributed by atoms with Crippen molar-refractivity contribution in [1.29, 1.82) is 0 Å². The predicted molar refractivity (Wildman–Crippen MR) is 120 cm³/mol. The van der Waals surface area contributed by atoms with Crippen molar-refractivity contribution in [1.82, 2.24) is 4.90 Å². The molecule has 1 saturated heterocycles. The van der Waals surface area contributed by atoms with Crippen LogP contribution in [0, 0.1) is 6.92 Å². The highest BCUT2D eigenvalue weighted by molar-refractivity contribution is 8.18. The first-order valence-corrected chi connectivity index (χ1v) is 10.6. The smallest absolute Gasteiger partial charge is 0.266 e. The molecule has 0 unspecified atom stereocenters. The number of amides is 1. The highest BCUT2D eigenvalue weighted by Crippen LogP contribution is 2.37. The van der Waals surface area contributed by atoms with E-state index in [4.69, 9.17) is 9.73 Å². The van der Waals surface area contributed by atoms with E-state index in [1.807, 2.05) is 51.1 Å². The third kappa shape index (κ3) is 4.82. The van der Waals surface area contributed by atoms with Gasteiger partial charge in [0.25, 0.3) is 5.91 Å². The Morgan fingerprint density at radius 1 is 1.21 bits per heavy atom. The molecule has 2 aromatic rings. The number of aliphatic imine (C=N–C) groups is 1. The third-order valence-electron chi connectivity index (χ3n) is 4.71. The molecule has 6 heteroatoms. The molecule has 29 heavy (non-hydrogen) atoms. The number of aryl methyl sites for hydroxylation is 1. The maximum absolute atomic E-state index is 13.1. The molecule has 0 radical (unpaired) electrons. The minimum absolute atomic E-state index is 0.0453. The normalized spacial score (nSPS) is 17.9. The number of hydrogen-bond donors (Lipinski definition) is 1. The SMILES string of the molecule is CCOc1cc(/C=C2/SC(=Nc3ccc(C)cc3)N([C@H](C)CC)C2=O)ccc1O. The Labute approximate surface area is 176 Å². The Morgan fingerprint density at radius 3 is 2.59 bits per heavy atom. The third-order valence-corrected chi connectivity index (χ3v) is 5.69. The molecule has 2 aromatic carbocycles. The van der Waals surface area contributed by atoms with Crippen LogP contribution in [0.25, 0.3) is 6.08 Å². The molecule has 0 aromatic heterocycles. The number of phenolic OH excluding ortho intramolecular Hbond substituents is 1. The molecule has 1 heterocycles. The Morgan fingerprint density at radius 2 is 1.93 bits per heavy atom. The van der Waals surface area contributed by atoms with Crippen molar-refractivity contribution in [3.05, 3.63) is 58.5 Å². The summed E-state index contributed by atoms with van der Waals surface area (Å²) < 4.78 is 5.45. The van der Waals surface area contributed by atoms with Crippen molar-refractivity contribution in [2.45, 2.75) is 40.2 Å². The molecule has 1 N–H and O–H groups in total. The van der Waals surface area contributed by atoms with Crippen LogP contribution in [-0.4, -0.2) is 33.7 Å². The van der Waals surface area contributed by atoms with Gasteiger partial charge in [0, 0.05) is 6.04 Å². The second-order valence-electron chi connectivity index (χ2n) is 6.93. The van der Waals surface area contributed by atoms with Crippen LogP contribution in [0.1, 0.15) is 38.3 Å². The highest BCUT2D eigenvalue weighted by Gasteiger charge is 2.36. The number of benzene rings is 2. The Bertz CT molecular complexity index is 951. The molecule has 1 aliphatic heterocycles. The van der Waals surface area contributed by atoms with Gasteiger partial charge in [0.05, 0.1) is 17.2 Å². The zero-order chi connectivity index (χ0) is 21.0. The number of amidine groups is 1. The van der Waals surface area contributed by atoms with Crippen LogP contribution in [0.3, 0.4) is 0 Å². The summed E-state index contributed by atoms with van der Waals surface area (Å²) in [6.07, 6.45) is 2.65. The zero-order valence-corrected chi connectivity index (χ0v) is 18.0. The summed E-state index contributed by atoms with van der Waals surface area (Å²) in [6.45, 7) is 8.43. The van der Waals surface area contributed by atoms with Gasteiger partial charge < -0.3 is 9.84 Å². The van der Waals surface area contributed by atoms with Gasteiger partial charge in [0.1, 0.15) is 0 Å². The van der Waals surface area contributed by atoms with E-state index in [1.54, 1.807) is 23.1 Å². The number of hydrogen-bond acceptors (Lipinski definition) is 5. The van der Waals surface area contributed by atoms with Crippen molar-refractivity contribution in [2.75, 3.05) is 6.61 Å².